The Labute approximate surface area is 154 Å². The van der Waals surface area contributed by atoms with Crippen LogP contribution in [0.4, 0.5) is 5.13 Å². The van der Waals surface area contributed by atoms with Crippen molar-refractivity contribution in [3.8, 4) is 6.07 Å². The number of nitrogens with zero attached hydrogens (tertiary/aromatic N) is 2. The second-order valence-electron chi connectivity index (χ2n) is 5.16. The number of nitrogens with one attached hydrogen (secondary N) is 1. The highest BCUT2D eigenvalue weighted by molar-refractivity contribution is 7.99. The molecular weight excluding hydrogens is 350 g/mol. The number of carbonyl (C=O) groups is 1. The first-order chi connectivity index (χ1) is 12.2. The highest BCUT2D eigenvalue weighted by Gasteiger charge is 2.15. The van der Waals surface area contributed by atoms with Crippen molar-refractivity contribution in [1.82, 2.24) is 4.98 Å². The van der Waals surface area contributed by atoms with Crippen molar-refractivity contribution in [3.63, 3.8) is 0 Å². The Balaban J connectivity index is 1.85. The average molecular weight is 365 g/mol. The Morgan fingerprint density at radius 2 is 1.92 bits per heavy atom. The van der Waals surface area contributed by atoms with Gasteiger partial charge in [-0.3, -0.25) is 10.1 Å². The monoisotopic (exact) mass is 365 g/mol. The van der Waals surface area contributed by atoms with Gasteiger partial charge in [0.2, 0.25) is 0 Å². The van der Waals surface area contributed by atoms with Crippen molar-refractivity contribution < 1.29 is 4.79 Å². The van der Waals surface area contributed by atoms with Gasteiger partial charge in [-0.25, -0.2) is 4.98 Å². The number of aromatic nitrogens is 1. The molecular formula is C19H15N3OS2. The molecule has 0 fully saturated rings. The molecule has 0 spiro atoms. The molecule has 0 radical (unpaired) electrons. The molecule has 25 heavy (non-hydrogen) atoms. The molecule has 0 aliphatic carbocycles. The zero-order valence-corrected chi connectivity index (χ0v) is 15.2. The largest absolute Gasteiger partial charge is 0.298 e. The molecule has 1 heterocycles. The highest BCUT2D eigenvalue weighted by Crippen LogP contribution is 2.33. The fourth-order valence-corrected chi connectivity index (χ4v) is 4.01. The molecule has 0 aliphatic rings. The van der Waals surface area contributed by atoms with Crippen molar-refractivity contribution in [2.24, 2.45) is 0 Å². The standard InChI is InChI=1S/C19H15N3OS2/c1-2-14-12-24-19(21-14)22-18(23)15-8-4-6-10-17(15)25-16-9-5-3-7-13(16)11-20/h3-10,12H,2H2,1H3,(H,21,22,23). The summed E-state index contributed by atoms with van der Waals surface area (Å²) in [6.45, 7) is 2.03. The summed E-state index contributed by atoms with van der Waals surface area (Å²) < 4.78 is 0. The molecule has 124 valence electrons. The van der Waals surface area contributed by atoms with E-state index in [4.69, 9.17) is 0 Å². The molecule has 1 N–H and O–H groups in total. The van der Waals surface area contributed by atoms with Crippen molar-refractivity contribution in [2.45, 2.75) is 23.1 Å². The van der Waals surface area contributed by atoms with E-state index in [0.29, 0.717) is 16.3 Å². The maximum atomic E-state index is 12.7. The van der Waals surface area contributed by atoms with E-state index in [1.165, 1.54) is 23.1 Å². The third-order valence-electron chi connectivity index (χ3n) is 3.49. The van der Waals surface area contributed by atoms with Crippen LogP contribution in [0.1, 0.15) is 28.5 Å². The highest BCUT2D eigenvalue weighted by atomic mass is 32.2. The minimum Gasteiger partial charge on any atom is -0.298 e. The summed E-state index contributed by atoms with van der Waals surface area (Å²) in [6.07, 6.45) is 0.837. The van der Waals surface area contributed by atoms with Crippen LogP contribution in [-0.4, -0.2) is 10.9 Å². The quantitative estimate of drug-likeness (QED) is 0.692. The van der Waals surface area contributed by atoms with Crippen LogP contribution >= 0.6 is 23.1 Å². The summed E-state index contributed by atoms with van der Waals surface area (Å²) in [5, 5.41) is 14.6. The second-order valence-corrected chi connectivity index (χ2v) is 7.10. The van der Waals surface area contributed by atoms with E-state index in [2.05, 4.69) is 16.4 Å². The fourth-order valence-electron chi connectivity index (χ4n) is 2.20. The van der Waals surface area contributed by atoms with Crippen LogP contribution in [0.25, 0.3) is 0 Å². The van der Waals surface area contributed by atoms with Gasteiger partial charge in [0.1, 0.15) is 6.07 Å². The number of carbonyl (C=O) groups excluding carboxylic acids is 1. The smallest absolute Gasteiger partial charge is 0.258 e. The Kier molecular flexibility index (Phi) is 5.49. The topological polar surface area (TPSA) is 65.8 Å². The van der Waals surface area contributed by atoms with Crippen LogP contribution in [0.3, 0.4) is 0 Å². The lowest BCUT2D eigenvalue weighted by molar-refractivity contribution is 0.102. The normalized spacial score (nSPS) is 10.2. The summed E-state index contributed by atoms with van der Waals surface area (Å²) in [6, 6.07) is 16.9. The van der Waals surface area contributed by atoms with Crippen LogP contribution in [-0.2, 0) is 6.42 Å². The summed E-state index contributed by atoms with van der Waals surface area (Å²) >= 11 is 2.83. The van der Waals surface area contributed by atoms with E-state index >= 15 is 0 Å². The van der Waals surface area contributed by atoms with E-state index < -0.39 is 0 Å². The number of thiazole rings is 1. The summed E-state index contributed by atoms with van der Waals surface area (Å²) in [5.74, 6) is -0.199. The third kappa shape index (κ3) is 4.08. The van der Waals surface area contributed by atoms with Gasteiger partial charge < -0.3 is 0 Å². The zero-order chi connectivity index (χ0) is 17.6. The number of hydrogen-bond acceptors (Lipinski definition) is 5. The van der Waals surface area contributed by atoms with E-state index in [1.54, 1.807) is 12.1 Å². The van der Waals surface area contributed by atoms with Crippen molar-refractivity contribution >= 4 is 34.1 Å². The summed E-state index contributed by atoms with van der Waals surface area (Å²) in [7, 11) is 0. The SMILES string of the molecule is CCc1csc(NC(=O)c2ccccc2Sc2ccccc2C#N)n1. The molecule has 2 aromatic carbocycles. The number of aryl methyl sites for hydroxylation is 1. The molecule has 3 rings (SSSR count). The van der Waals surface area contributed by atoms with Crippen molar-refractivity contribution in [3.05, 3.63) is 70.7 Å². The van der Waals surface area contributed by atoms with E-state index in [-0.39, 0.29) is 5.91 Å². The molecule has 6 heteroatoms. The third-order valence-corrected chi connectivity index (χ3v) is 5.45. The number of hydrogen-bond donors (Lipinski definition) is 1. The first-order valence-corrected chi connectivity index (χ1v) is 9.42. The molecule has 0 saturated carbocycles. The number of rotatable bonds is 5. The minimum atomic E-state index is -0.199. The fraction of sp³-hybridized carbons (Fsp3) is 0.105. The maximum Gasteiger partial charge on any atom is 0.258 e. The van der Waals surface area contributed by atoms with Gasteiger partial charge in [0.15, 0.2) is 5.13 Å². The molecule has 0 atom stereocenters. The minimum absolute atomic E-state index is 0.199. The van der Waals surface area contributed by atoms with Crippen molar-refractivity contribution in [2.75, 3.05) is 5.32 Å². The molecule has 1 amide bonds. The molecule has 0 bridgehead atoms. The first-order valence-electron chi connectivity index (χ1n) is 7.73. The molecule has 4 nitrogen and oxygen atoms in total. The van der Waals surface area contributed by atoms with Crippen LogP contribution in [0.2, 0.25) is 0 Å². The number of nitriles is 1. The number of amides is 1. The molecule has 0 saturated heterocycles. The second kappa shape index (κ2) is 7.97. The summed E-state index contributed by atoms with van der Waals surface area (Å²) in [4.78, 5) is 18.7. The van der Waals surface area contributed by atoms with Gasteiger partial charge in [-0.1, -0.05) is 43.0 Å². The van der Waals surface area contributed by atoms with E-state index in [1.807, 2.05) is 48.7 Å². The van der Waals surface area contributed by atoms with Crippen molar-refractivity contribution in [1.29, 1.82) is 5.26 Å². The Morgan fingerprint density at radius 3 is 2.64 bits per heavy atom. The molecule has 0 aliphatic heterocycles. The van der Waals surface area contributed by atoms with Crippen LogP contribution in [0, 0.1) is 11.3 Å². The van der Waals surface area contributed by atoms with Gasteiger partial charge >= 0.3 is 0 Å². The molecule has 3 aromatic rings. The van der Waals surface area contributed by atoms with Gasteiger partial charge in [-0.05, 0) is 30.7 Å². The van der Waals surface area contributed by atoms with Gasteiger partial charge in [0.25, 0.3) is 5.91 Å². The lowest BCUT2D eigenvalue weighted by Crippen LogP contribution is -2.12. The van der Waals surface area contributed by atoms with E-state index in [0.717, 1.165) is 21.9 Å². The first kappa shape index (κ1) is 17.2. The Morgan fingerprint density at radius 1 is 1.20 bits per heavy atom. The van der Waals surface area contributed by atoms with Crippen LogP contribution in [0.5, 0.6) is 0 Å². The van der Waals surface area contributed by atoms with Gasteiger partial charge in [-0.15, -0.1) is 11.3 Å². The number of benzene rings is 2. The van der Waals surface area contributed by atoms with Gasteiger partial charge in [0.05, 0.1) is 16.8 Å². The lowest BCUT2D eigenvalue weighted by atomic mass is 10.2. The molecule has 0 unspecified atom stereocenters. The van der Waals surface area contributed by atoms with Gasteiger partial charge in [-0.2, -0.15) is 5.26 Å². The van der Waals surface area contributed by atoms with Gasteiger partial charge in [0, 0.05) is 15.2 Å². The zero-order valence-electron chi connectivity index (χ0n) is 13.5. The summed E-state index contributed by atoms with van der Waals surface area (Å²) in [5.41, 5.74) is 2.12. The lowest BCUT2D eigenvalue weighted by Gasteiger charge is -2.09. The Hall–Kier alpha value is -2.62. The predicted molar refractivity (Wildman–Crippen MR) is 101 cm³/mol. The maximum absolute atomic E-state index is 12.7. The Bertz CT molecular complexity index is 944. The van der Waals surface area contributed by atoms with Crippen LogP contribution in [0.15, 0.2) is 63.7 Å². The average Bonchev–Trinajstić information content (AvgIpc) is 3.10. The van der Waals surface area contributed by atoms with E-state index in [9.17, 15) is 10.1 Å². The predicted octanol–water partition coefficient (Wildman–Crippen LogP) is 4.98. The number of anilines is 1. The molecule has 1 aromatic heterocycles. The van der Waals surface area contributed by atoms with Crippen LogP contribution < -0.4 is 5.32 Å².